The van der Waals surface area contributed by atoms with Gasteiger partial charge in [0, 0.05) is 42.1 Å². The molecular weight excluding hydrogens is 461 g/mol. The number of anilines is 2. The summed E-state index contributed by atoms with van der Waals surface area (Å²) in [6.07, 6.45) is 6.79. The van der Waals surface area contributed by atoms with E-state index in [9.17, 15) is 9.59 Å². The second-order valence-corrected chi connectivity index (χ2v) is 8.15. The predicted octanol–water partition coefficient (Wildman–Crippen LogP) is 6.74. The second-order valence-electron chi connectivity index (χ2n) is 7.31. The molecule has 6 nitrogen and oxygen atoms in total. The number of carboxylic acid groups (broad SMARTS) is 1. The highest BCUT2D eigenvalue weighted by Crippen LogP contribution is 2.28. The lowest BCUT2D eigenvalue weighted by atomic mass is 9.97. The maximum atomic E-state index is 12.7. The molecule has 0 aliphatic carbocycles. The number of carbonyl (C=O) groups is 2. The van der Waals surface area contributed by atoms with Crippen LogP contribution in [-0.2, 0) is 4.79 Å². The van der Waals surface area contributed by atoms with Crippen LogP contribution in [0.4, 0.5) is 16.2 Å². The van der Waals surface area contributed by atoms with E-state index < -0.39 is 5.97 Å². The van der Waals surface area contributed by atoms with Crippen molar-refractivity contribution in [1.29, 1.82) is 0 Å². The lowest BCUT2D eigenvalue weighted by Gasteiger charge is -2.19. The fraction of sp³-hybridized carbons (Fsp3) is 0.160. The van der Waals surface area contributed by atoms with E-state index in [2.05, 4.69) is 10.3 Å². The molecule has 3 aromatic rings. The Labute approximate surface area is 202 Å². The highest BCUT2D eigenvalue weighted by atomic mass is 35.5. The number of hydrogen-bond acceptors (Lipinski definition) is 3. The number of urea groups is 1. The first-order valence-corrected chi connectivity index (χ1v) is 11.0. The van der Waals surface area contributed by atoms with Crippen molar-refractivity contribution in [2.75, 3.05) is 17.3 Å². The minimum atomic E-state index is -0.808. The number of nitrogens with zero attached hydrogens (tertiary/aromatic N) is 2. The number of carbonyl (C=O) groups excluding carboxylic acids is 1. The van der Waals surface area contributed by atoms with E-state index in [1.54, 1.807) is 37.6 Å². The van der Waals surface area contributed by atoms with Gasteiger partial charge < -0.3 is 10.4 Å². The number of aliphatic carboxylic acids is 1. The number of allylic oxidation sites excluding steroid dienone is 1. The standard InChI is InChI=1S/C25H23Cl2N3O3/c1-30(25(33)29-23-13-10-19(26)15-22(23)27)20-11-8-17(9-12-20)21(6-2-3-7-24(31)32)18-5-4-14-28-16-18/h4-6,8-16H,2-3,7H2,1H3,(H,29,33)(H,31,32). The Kier molecular flexibility index (Phi) is 8.46. The molecule has 8 heteroatoms. The van der Waals surface area contributed by atoms with Crippen LogP contribution in [-0.4, -0.2) is 29.1 Å². The number of aromatic nitrogens is 1. The van der Waals surface area contributed by atoms with E-state index in [1.165, 1.54) is 4.90 Å². The summed E-state index contributed by atoms with van der Waals surface area (Å²) in [6, 6.07) is 15.9. The number of hydrogen-bond donors (Lipinski definition) is 2. The van der Waals surface area contributed by atoms with Gasteiger partial charge in [-0.2, -0.15) is 0 Å². The molecule has 0 fully saturated rings. The van der Waals surface area contributed by atoms with Gasteiger partial charge in [-0.3, -0.25) is 14.7 Å². The van der Waals surface area contributed by atoms with Gasteiger partial charge in [0.05, 0.1) is 10.7 Å². The smallest absolute Gasteiger partial charge is 0.326 e. The zero-order chi connectivity index (χ0) is 23.8. The molecule has 2 N–H and O–H groups in total. The third-order valence-corrected chi connectivity index (χ3v) is 5.51. The summed E-state index contributed by atoms with van der Waals surface area (Å²) >= 11 is 12.1. The summed E-state index contributed by atoms with van der Waals surface area (Å²) in [7, 11) is 1.66. The SMILES string of the molecule is CN(C(=O)Nc1ccc(Cl)cc1Cl)c1ccc(C(=CCCCC(=O)O)c2cccnc2)cc1. The first-order valence-electron chi connectivity index (χ1n) is 10.3. The molecule has 1 aromatic heterocycles. The van der Waals surface area contributed by atoms with Crippen LogP contribution in [0.2, 0.25) is 10.0 Å². The van der Waals surface area contributed by atoms with Crippen LogP contribution in [0, 0.1) is 0 Å². The van der Waals surface area contributed by atoms with Gasteiger partial charge in [0.2, 0.25) is 0 Å². The van der Waals surface area contributed by atoms with Crippen molar-refractivity contribution >= 4 is 52.2 Å². The van der Waals surface area contributed by atoms with Crippen molar-refractivity contribution in [3.8, 4) is 0 Å². The lowest BCUT2D eigenvalue weighted by Crippen LogP contribution is -2.31. The number of benzene rings is 2. The molecule has 0 unspecified atom stereocenters. The highest BCUT2D eigenvalue weighted by Gasteiger charge is 2.14. The fourth-order valence-corrected chi connectivity index (χ4v) is 3.65. The molecule has 0 atom stereocenters. The molecule has 3 rings (SSSR count). The summed E-state index contributed by atoms with van der Waals surface area (Å²) in [4.78, 5) is 29.2. The van der Waals surface area contributed by atoms with Gasteiger partial charge in [-0.25, -0.2) is 4.79 Å². The van der Waals surface area contributed by atoms with Crippen LogP contribution >= 0.6 is 23.2 Å². The monoisotopic (exact) mass is 483 g/mol. The largest absolute Gasteiger partial charge is 0.481 e. The van der Waals surface area contributed by atoms with E-state index in [0.29, 0.717) is 34.3 Å². The van der Waals surface area contributed by atoms with Gasteiger partial charge in [-0.05, 0) is 60.4 Å². The van der Waals surface area contributed by atoms with Gasteiger partial charge in [-0.15, -0.1) is 0 Å². The molecule has 1 heterocycles. The summed E-state index contributed by atoms with van der Waals surface area (Å²) in [5, 5.41) is 12.5. The Morgan fingerprint density at radius 3 is 2.48 bits per heavy atom. The number of amides is 2. The normalized spacial score (nSPS) is 11.2. The molecule has 0 saturated heterocycles. The maximum Gasteiger partial charge on any atom is 0.326 e. The molecule has 2 aromatic carbocycles. The first kappa shape index (κ1) is 24.3. The Morgan fingerprint density at radius 2 is 1.85 bits per heavy atom. The van der Waals surface area contributed by atoms with Crippen molar-refractivity contribution in [1.82, 2.24) is 4.98 Å². The quantitative estimate of drug-likeness (QED) is 0.347. The predicted molar refractivity (Wildman–Crippen MR) is 133 cm³/mol. The third kappa shape index (κ3) is 6.81. The summed E-state index contributed by atoms with van der Waals surface area (Å²) in [5.74, 6) is -0.808. The first-order chi connectivity index (χ1) is 15.8. The van der Waals surface area contributed by atoms with E-state index in [0.717, 1.165) is 16.7 Å². The number of nitrogens with one attached hydrogen (secondary N) is 1. The number of pyridine rings is 1. The van der Waals surface area contributed by atoms with Crippen molar-refractivity contribution in [3.05, 3.63) is 94.2 Å². The van der Waals surface area contributed by atoms with Gasteiger partial charge in [0.15, 0.2) is 0 Å². The molecule has 0 aliphatic heterocycles. The topological polar surface area (TPSA) is 82.5 Å². The second kappa shape index (κ2) is 11.5. The number of halogens is 2. The summed E-state index contributed by atoms with van der Waals surface area (Å²) in [6.45, 7) is 0. The number of unbranched alkanes of at least 4 members (excludes halogenated alkanes) is 1. The summed E-state index contributed by atoms with van der Waals surface area (Å²) in [5.41, 5.74) is 4.00. The van der Waals surface area contributed by atoms with Crippen LogP contribution in [0.15, 0.2) is 73.1 Å². The van der Waals surface area contributed by atoms with Crippen LogP contribution < -0.4 is 10.2 Å². The van der Waals surface area contributed by atoms with Gasteiger partial charge in [0.1, 0.15) is 0 Å². The molecule has 0 saturated carbocycles. The van der Waals surface area contributed by atoms with Crippen LogP contribution in [0.5, 0.6) is 0 Å². The van der Waals surface area contributed by atoms with Crippen molar-refractivity contribution in [2.45, 2.75) is 19.3 Å². The average Bonchev–Trinajstić information content (AvgIpc) is 2.81. The maximum absolute atomic E-state index is 12.7. The molecule has 0 aliphatic rings. The lowest BCUT2D eigenvalue weighted by molar-refractivity contribution is -0.137. The minimum Gasteiger partial charge on any atom is -0.481 e. The third-order valence-electron chi connectivity index (χ3n) is 4.96. The highest BCUT2D eigenvalue weighted by molar-refractivity contribution is 6.36. The summed E-state index contributed by atoms with van der Waals surface area (Å²) < 4.78 is 0. The van der Waals surface area contributed by atoms with Crippen molar-refractivity contribution in [2.24, 2.45) is 0 Å². The average molecular weight is 484 g/mol. The van der Waals surface area contributed by atoms with Gasteiger partial charge in [-0.1, -0.05) is 47.5 Å². The molecule has 0 radical (unpaired) electrons. The molecule has 170 valence electrons. The van der Waals surface area contributed by atoms with E-state index in [-0.39, 0.29) is 12.5 Å². The van der Waals surface area contributed by atoms with Gasteiger partial charge >= 0.3 is 12.0 Å². The van der Waals surface area contributed by atoms with Gasteiger partial charge in [0.25, 0.3) is 0 Å². The Bertz CT molecular complexity index is 1150. The fourth-order valence-electron chi connectivity index (χ4n) is 3.20. The Morgan fingerprint density at radius 1 is 1.09 bits per heavy atom. The van der Waals surface area contributed by atoms with Crippen LogP contribution in [0.3, 0.4) is 0 Å². The van der Waals surface area contributed by atoms with E-state index in [4.69, 9.17) is 28.3 Å². The Balaban J connectivity index is 1.77. The number of rotatable bonds is 8. The van der Waals surface area contributed by atoms with Crippen molar-refractivity contribution < 1.29 is 14.7 Å². The molecule has 2 amide bonds. The van der Waals surface area contributed by atoms with Crippen LogP contribution in [0.25, 0.3) is 5.57 Å². The zero-order valence-electron chi connectivity index (χ0n) is 18.0. The molecule has 33 heavy (non-hydrogen) atoms. The molecule has 0 bridgehead atoms. The number of carboxylic acids is 1. The molecular formula is C25H23Cl2N3O3. The van der Waals surface area contributed by atoms with E-state index in [1.807, 2.05) is 42.5 Å². The Hall–Kier alpha value is -3.35. The molecule has 0 spiro atoms. The van der Waals surface area contributed by atoms with E-state index >= 15 is 0 Å². The minimum absolute atomic E-state index is 0.118. The zero-order valence-corrected chi connectivity index (χ0v) is 19.5. The van der Waals surface area contributed by atoms with Crippen molar-refractivity contribution in [3.63, 3.8) is 0 Å². The van der Waals surface area contributed by atoms with Crippen LogP contribution in [0.1, 0.15) is 30.4 Å².